The first-order chi connectivity index (χ1) is 9.36. The number of aryl methyl sites for hydroxylation is 1. The van der Waals surface area contributed by atoms with Gasteiger partial charge in [-0.25, -0.2) is 0 Å². The fourth-order valence-corrected chi connectivity index (χ4v) is 2.45. The van der Waals surface area contributed by atoms with Crippen molar-refractivity contribution in [3.8, 4) is 6.07 Å². The molecule has 0 amide bonds. The first kappa shape index (κ1) is 12.3. The molecule has 2 aromatic rings. The third-order valence-corrected chi connectivity index (χ3v) is 3.74. The molecule has 0 aliphatic heterocycles. The number of nitriles is 1. The van der Waals surface area contributed by atoms with E-state index in [9.17, 15) is 0 Å². The van der Waals surface area contributed by atoms with E-state index in [1.807, 2.05) is 18.2 Å². The second-order valence-corrected chi connectivity index (χ2v) is 5.33. The summed E-state index contributed by atoms with van der Waals surface area (Å²) in [6.07, 6.45) is 7.24. The van der Waals surface area contributed by atoms with Gasteiger partial charge < -0.3 is 9.88 Å². The van der Waals surface area contributed by atoms with Gasteiger partial charge in [-0.15, -0.1) is 0 Å². The van der Waals surface area contributed by atoms with E-state index in [-0.39, 0.29) is 0 Å². The first-order valence-electron chi connectivity index (χ1n) is 7.09. The number of hydrogen-bond acceptors (Lipinski definition) is 2. The van der Waals surface area contributed by atoms with Crippen molar-refractivity contribution in [3.63, 3.8) is 0 Å². The Labute approximate surface area is 113 Å². The molecular formula is C16H19N3. The van der Waals surface area contributed by atoms with Gasteiger partial charge in [0.1, 0.15) is 0 Å². The molecule has 1 aliphatic rings. The normalized spacial score (nSPS) is 14.7. The van der Waals surface area contributed by atoms with Crippen LogP contribution >= 0.6 is 0 Å². The zero-order chi connectivity index (χ0) is 13.1. The Morgan fingerprint density at radius 1 is 1.26 bits per heavy atom. The van der Waals surface area contributed by atoms with Crippen LogP contribution in [0.4, 0.5) is 0 Å². The number of nitrogens with one attached hydrogen (secondary N) is 1. The van der Waals surface area contributed by atoms with Gasteiger partial charge in [-0.3, -0.25) is 0 Å². The Bertz CT molecular complexity index is 602. The fraction of sp³-hybridized carbons (Fsp3) is 0.438. The number of unbranched alkanes of at least 4 members (excludes halogenated alkanes) is 1. The molecule has 1 aromatic heterocycles. The Morgan fingerprint density at radius 3 is 2.95 bits per heavy atom. The first-order valence-corrected chi connectivity index (χ1v) is 7.09. The molecule has 1 aliphatic carbocycles. The highest BCUT2D eigenvalue weighted by Gasteiger charge is 2.19. The van der Waals surface area contributed by atoms with E-state index in [0.29, 0.717) is 0 Å². The van der Waals surface area contributed by atoms with Crippen LogP contribution in [0, 0.1) is 11.3 Å². The quantitative estimate of drug-likeness (QED) is 0.804. The Hall–Kier alpha value is -1.79. The lowest BCUT2D eigenvalue weighted by Gasteiger charge is -2.06. The third kappa shape index (κ3) is 2.97. The highest BCUT2D eigenvalue weighted by atomic mass is 15.0. The monoisotopic (exact) mass is 253 g/mol. The van der Waals surface area contributed by atoms with Gasteiger partial charge in [0, 0.05) is 24.3 Å². The van der Waals surface area contributed by atoms with E-state index in [0.717, 1.165) is 24.7 Å². The maximum absolute atomic E-state index is 8.96. The van der Waals surface area contributed by atoms with E-state index >= 15 is 0 Å². The molecule has 0 atom stereocenters. The van der Waals surface area contributed by atoms with Crippen LogP contribution in [-0.4, -0.2) is 17.2 Å². The highest BCUT2D eigenvalue weighted by Crippen LogP contribution is 2.19. The summed E-state index contributed by atoms with van der Waals surface area (Å²) in [4.78, 5) is 0. The SMILES string of the molecule is N#Cc1ccc2ccn(CCCCNC3CC3)c2c1. The molecule has 1 fully saturated rings. The maximum Gasteiger partial charge on any atom is 0.0992 e. The summed E-state index contributed by atoms with van der Waals surface area (Å²) in [6.45, 7) is 2.16. The Balaban J connectivity index is 1.58. The van der Waals surface area contributed by atoms with Crippen molar-refractivity contribution in [2.24, 2.45) is 0 Å². The largest absolute Gasteiger partial charge is 0.347 e. The van der Waals surface area contributed by atoms with E-state index in [1.54, 1.807) is 0 Å². The molecule has 0 saturated heterocycles. The summed E-state index contributed by atoms with van der Waals surface area (Å²) >= 11 is 0. The summed E-state index contributed by atoms with van der Waals surface area (Å²) in [7, 11) is 0. The highest BCUT2D eigenvalue weighted by molar-refractivity contribution is 5.81. The zero-order valence-corrected chi connectivity index (χ0v) is 11.1. The van der Waals surface area contributed by atoms with Crippen LogP contribution in [0.5, 0.6) is 0 Å². The zero-order valence-electron chi connectivity index (χ0n) is 11.1. The van der Waals surface area contributed by atoms with Crippen molar-refractivity contribution in [2.45, 2.75) is 38.3 Å². The van der Waals surface area contributed by atoms with Crippen LogP contribution < -0.4 is 5.32 Å². The number of hydrogen-bond donors (Lipinski definition) is 1. The fourth-order valence-electron chi connectivity index (χ4n) is 2.45. The molecule has 0 spiro atoms. The predicted molar refractivity (Wildman–Crippen MR) is 76.9 cm³/mol. The smallest absolute Gasteiger partial charge is 0.0992 e. The van der Waals surface area contributed by atoms with Crippen LogP contribution in [0.2, 0.25) is 0 Å². The molecule has 3 nitrogen and oxygen atoms in total. The van der Waals surface area contributed by atoms with Crippen molar-refractivity contribution in [2.75, 3.05) is 6.54 Å². The van der Waals surface area contributed by atoms with E-state index in [1.165, 1.54) is 36.6 Å². The molecular weight excluding hydrogens is 234 g/mol. The van der Waals surface area contributed by atoms with Crippen LogP contribution in [0.1, 0.15) is 31.2 Å². The lowest BCUT2D eigenvalue weighted by molar-refractivity contribution is 0.575. The van der Waals surface area contributed by atoms with Crippen LogP contribution in [0.25, 0.3) is 10.9 Å². The summed E-state index contributed by atoms with van der Waals surface area (Å²) < 4.78 is 2.26. The second kappa shape index (κ2) is 5.46. The van der Waals surface area contributed by atoms with Gasteiger partial charge in [0.15, 0.2) is 0 Å². The van der Waals surface area contributed by atoms with Crippen molar-refractivity contribution in [1.29, 1.82) is 5.26 Å². The van der Waals surface area contributed by atoms with Crippen molar-refractivity contribution in [3.05, 3.63) is 36.0 Å². The molecule has 0 bridgehead atoms. The van der Waals surface area contributed by atoms with E-state index in [4.69, 9.17) is 5.26 Å². The van der Waals surface area contributed by atoms with Gasteiger partial charge in [0.2, 0.25) is 0 Å². The second-order valence-electron chi connectivity index (χ2n) is 5.33. The standard InChI is InChI=1S/C16H19N3/c17-12-13-3-4-14-7-10-19(16(14)11-13)9-2-1-8-18-15-5-6-15/h3-4,7,10-11,15,18H,1-2,5-6,8-9H2. The molecule has 0 radical (unpaired) electrons. The molecule has 1 aromatic carbocycles. The van der Waals surface area contributed by atoms with Crippen LogP contribution in [0.15, 0.2) is 30.5 Å². The molecule has 0 unspecified atom stereocenters. The molecule has 1 heterocycles. The molecule has 1 N–H and O–H groups in total. The number of aromatic nitrogens is 1. The average Bonchev–Trinajstić information content (AvgIpc) is 3.18. The van der Waals surface area contributed by atoms with Gasteiger partial charge in [0.05, 0.1) is 11.6 Å². The van der Waals surface area contributed by atoms with Crippen molar-refractivity contribution >= 4 is 10.9 Å². The van der Waals surface area contributed by atoms with Crippen molar-refractivity contribution < 1.29 is 0 Å². The third-order valence-electron chi connectivity index (χ3n) is 3.74. The lowest BCUT2D eigenvalue weighted by Crippen LogP contribution is -2.17. The minimum atomic E-state index is 0.739. The summed E-state index contributed by atoms with van der Waals surface area (Å²) in [5.74, 6) is 0. The molecule has 19 heavy (non-hydrogen) atoms. The van der Waals surface area contributed by atoms with E-state index in [2.05, 4.69) is 28.2 Å². The minimum Gasteiger partial charge on any atom is -0.347 e. The van der Waals surface area contributed by atoms with Gasteiger partial charge >= 0.3 is 0 Å². The van der Waals surface area contributed by atoms with Gasteiger partial charge in [-0.1, -0.05) is 6.07 Å². The number of nitrogens with zero attached hydrogens (tertiary/aromatic N) is 2. The van der Waals surface area contributed by atoms with Crippen LogP contribution in [0.3, 0.4) is 0 Å². The summed E-state index contributed by atoms with van der Waals surface area (Å²) in [5, 5.41) is 13.7. The van der Waals surface area contributed by atoms with Gasteiger partial charge in [0.25, 0.3) is 0 Å². The van der Waals surface area contributed by atoms with Crippen LogP contribution in [-0.2, 0) is 6.54 Å². The molecule has 3 heteroatoms. The number of benzene rings is 1. The molecule has 1 saturated carbocycles. The van der Waals surface area contributed by atoms with E-state index < -0.39 is 0 Å². The summed E-state index contributed by atoms with van der Waals surface area (Å²) in [6, 6.07) is 11.0. The topological polar surface area (TPSA) is 40.8 Å². The maximum atomic E-state index is 8.96. The van der Waals surface area contributed by atoms with Crippen molar-refractivity contribution in [1.82, 2.24) is 9.88 Å². The Morgan fingerprint density at radius 2 is 2.16 bits per heavy atom. The number of fused-ring (bicyclic) bond motifs is 1. The van der Waals surface area contributed by atoms with Gasteiger partial charge in [-0.2, -0.15) is 5.26 Å². The minimum absolute atomic E-state index is 0.739. The van der Waals surface area contributed by atoms with Gasteiger partial charge in [-0.05, 0) is 55.8 Å². The molecule has 3 rings (SSSR count). The predicted octanol–water partition coefficient (Wildman–Crippen LogP) is 3.05. The number of rotatable bonds is 6. The summed E-state index contributed by atoms with van der Waals surface area (Å²) in [5.41, 5.74) is 1.91. The lowest BCUT2D eigenvalue weighted by atomic mass is 10.2. The average molecular weight is 253 g/mol. The Kier molecular flexibility index (Phi) is 3.52. The molecule has 98 valence electrons.